The molecule has 1 rings (SSSR count). The van der Waals surface area contributed by atoms with Crippen molar-refractivity contribution in [3.05, 3.63) is 0 Å². The molecule has 1 aliphatic rings. The van der Waals surface area contributed by atoms with Crippen LogP contribution < -0.4 is 11.3 Å². The molecule has 1 saturated heterocycles. The van der Waals surface area contributed by atoms with Gasteiger partial charge in [-0.3, -0.25) is 15.1 Å². The highest BCUT2D eigenvalue weighted by atomic mass is 16.5. The monoisotopic (exact) mass is 215 g/mol. The molecule has 5 nitrogen and oxygen atoms in total. The van der Waals surface area contributed by atoms with Gasteiger partial charge in [-0.05, 0) is 19.8 Å². The molecule has 0 radical (unpaired) electrons. The van der Waals surface area contributed by atoms with E-state index in [-0.39, 0.29) is 11.9 Å². The van der Waals surface area contributed by atoms with E-state index in [1.807, 2.05) is 0 Å². The van der Waals surface area contributed by atoms with Gasteiger partial charge < -0.3 is 4.74 Å². The average molecular weight is 215 g/mol. The third kappa shape index (κ3) is 3.77. The van der Waals surface area contributed by atoms with Crippen LogP contribution in [0.3, 0.4) is 0 Å². The van der Waals surface area contributed by atoms with Gasteiger partial charge in [0.1, 0.15) is 0 Å². The minimum atomic E-state index is -0.101. The molecule has 0 spiro atoms. The number of nitrogens with zero attached hydrogens (tertiary/aromatic N) is 1. The number of likely N-dealkylation sites (tertiary alicyclic amines) is 1. The summed E-state index contributed by atoms with van der Waals surface area (Å²) >= 11 is 0. The second-order valence-corrected chi connectivity index (χ2v) is 4.09. The molecule has 1 atom stereocenters. The maximum atomic E-state index is 11.1. The third-order valence-electron chi connectivity index (χ3n) is 3.08. The van der Waals surface area contributed by atoms with Gasteiger partial charge in [-0.15, -0.1) is 0 Å². The van der Waals surface area contributed by atoms with E-state index in [9.17, 15) is 4.79 Å². The van der Waals surface area contributed by atoms with E-state index in [2.05, 4.69) is 17.2 Å². The number of nitrogens with two attached hydrogens (primary N) is 1. The van der Waals surface area contributed by atoms with Crippen molar-refractivity contribution in [2.24, 2.45) is 5.84 Å². The lowest BCUT2D eigenvalue weighted by atomic mass is 10.0. The van der Waals surface area contributed by atoms with Crippen LogP contribution in [0.5, 0.6) is 0 Å². The molecule has 0 bridgehead atoms. The van der Waals surface area contributed by atoms with E-state index in [1.165, 1.54) is 0 Å². The highest BCUT2D eigenvalue weighted by Gasteiger charge is 2.23. The molecule has 88 valence electrons. The van der Waals surface area contributed by atoms with Gasteiger partial charge in [0.15, 0.2) is 0 Å². The summed E-state index contributed by atoms with van der Waals surface area (Å²) in [5, 5.41) is 0. The Morgan fingerprint density at radius 3 is 2.67 bits per heavy atom. The van der Waals surface area contributed by atoms with Crippen molar-refractivity contribution in [2.75, 3.05) is 20.2 Å². The molecule has 3 N–H and O–H groups in total. The summed E-state index contributed by atoms with van der Waals surface area (Å²) in [7, 11) is 1.76. The predicted molar refractivity (Wildman–Crippen MR) is 58.0 cm³/mol. The molecule has 1 amide bonds. The van der Waals surface area contributed by atoms with Crippen molar-refractivity contribution in [1.82, 2.24) is 10.3 Å². The van der Waals surface area contributed by atoms with Crippen molar-refractivity contribution in [3.63, 3.8) is 0 Å². The number of rotatable bonds is 4. The lowest BCUT2D eigenvalue weighted by Gasteiger charge is -2.35. The molecule has 5 heteroatoms. The molecular formula is C10H21N3O2. The zero-order valence-corrected chi connectivity index (χ0v) is 9.53. The highest BCUT2D eigenvalue weighted by molar-refractivity contribution is 5.75. The number of carbonyl (C=O) groups excluding carboxylic acids is 1. The number of piperidine rings is 1. The molecular weight excluding hydrogens is 194 g/mol. The van der Waals surface area contributed by atoms with E-state index in [0.29, 0.717) is 12.5 Å². The Hall–Kier alpha value is -0.650. The second kappa shape index (κ2) is 6.05. The van der Waals surface area contributed by atoms with Crippen LogP contribution in [0.1, 0.15) is 26.2 Å². The summed E-state index contributed by atoms with van der Waals surface area (Å²) in [4.78, 5) is 13.4. The summed E-state index contributed by atoms with van der Waals surface area (Å²) in [6.45, 7) is 4.05. The molecule has 1 aliphatic heterocycles. The summed E-state index contributed by atoms with van der Waals surface area (Å²) < 4.78 is 5.30. The Labute approximate surface area is 90.9 Å². The van der Waals surface area contributed by atoms with Crippen molar-refractivity contribution in [3.8, 4) is 0 Å². The fourth-order valence-corrected chi connectivity index (χ4v) is 2.01. The van der Waals surface area contributed by atoms with Crippen LogP contribution in [0, 0.1) is 0 Å². The van der Waals surface area contributed by atoms with Gasteiger partial charge in [-0.25, -0.2) is 5.84 Å². The van der Waals surface area contributed by atoms with Gasteiger partial charge in [0.25, 0.3) is 0 Å². The smallest absolute Gasteiger partial charge is 0.235 e. The number of hydrogen-bond donors (Lipinski definition) is 2. The number of amides is 1. The lowest BCUT2D eigenvalue weighted by Crippen LogP contribution is -2.44. The SMILES string of the molecule is COC1CCN(C(C)CC(=O)NN)CC1. The first kappa shape index (κ1) is 12.4. The Kier molecular flexibility index (Phi) is 5.01. The number of ether oxygens (including phenoxy) is 1. The largest absolute Gasteiger partial charge is 0.381 e. The normalized spacial score (nSPS) is 21.3. The third-order valence-corrected chi connectivity index (χ3v) is 3.08. The Bertz CT molecular complexity index is 203. The van der Waals surface area contributed by atoms with Crippen LogP contribution >= 0.6 is 0 Å². The second-order valence-electron chi connectivity index (χ2n) is 4.09. The molecule has 1 heterocycles. The molecule has 1 fully saturated rings. The zero-order chi connectivity index (χ0) is 11.3. The number of nitrogens with one attached hydrogen (secondary N) is 1. The van der Waals surface area contributed by atoms with Crippen LogP contribution in [0.25, 0.3) is 0 Å². The summed E-state index contributed by atoms with van der Waals surface area (Å²) in [6, 6.07) is 0.256. The maximum Gasteiger partial charge on any atom is 0.235 e. The predicted octanol–water partition coefficient (Wildman–Crippen LogP) is -0.134. The van der Waals surface area contributed by atoms with E-state index in [0.717, 1.165) is 25.9 Å². The Balaban J connectivity index is 2.29. The molecule has 0 aliphatic carbocycles. The van der Waals surface area contributed by atoms with Crippen molar-refractivity contribution >= 4 is 5.91 Å². The van der Waals surface area contributed by atoms with Gasteiger partial charge in [0.05, 0.1) is 6.10 Å². The van der Waals surface area contributed by atoms with Gasteiger partial charge in [-0.1, -0.05) is 0 Å². The van der Waals surface area contributed by atoms with Crippen LogP contribution in [0.2, 0.25) is 0 Å². The van der Waals surface area contributed by atoms with E-state index in [1.54, 1.807) is 7.11 Å². The number of hydrazine groups is 1. The molecule has 0 aromatic carbocycles. The maximum absolute atomic E-state index is 11.1. The van der Waals surface area contributed by atoms with Crippen molar-refractivity contribution < 1.29 is 9.53 Å². The molecule has 0 aromatic rings. The summed E-state index contributed by atoms with van der Waals surface area (Å²) in [5.41, 5.74) is 2.16. The topological polar surface area (TPSA) is 67.6 Å². The van der Waals surface area contributed by atoms with Gasteiger partial charge in [0.2, 0.25) is 5.91 Å². The number of carbonyl (C=O) groups is 1. The zero-order valence-electron chi connectivity index (χ0n) is 9.53. The molecule has 0 aromatic heterocycles. The van der Waals surface area contributed by atoms with Crippen LogP contribution in [-0.4, -0.2) is 43.2 Å². The summed E-state index contributed by atoms with van der Waals surface area (Å²) in [5.74, 6) is 4.95. The number of hydrogen-bond acceptors (Lipinski definition) is 4. The molecule has 0 saturated carbocycles. The number of methoxy groups -OCH3 is 1. The minimum Gasteiger partial charge on any atom is -0.381 e. The van der Waals surface area contributed by atoms with Crippen LogP contribution in [0.15, 0.2) is 0 Å². The Morgan fingerprint density at radius 1 is 1.60 bits per heavy atom. The lowest BCUT2D eigenvalue weighted by molar-refractivity contribution is -0.122. The quantitative estimate of drug-likeness (QED) is 0.389. The van der Waals surface area contributed by atoms with E-state index >= 15 is 0 Å². The van der Waals surface area contributed by atoms with Crippen molar-refractivity contribution in [2.45, 2.75) is 38.3 Å². The van der Waals surface area contributed by atoms with Crippen LogP contribution in [0.4, 0.5) is 0 Å². The minimum absolute atomic E-state index is 0.101. The van der Waals surface area contributed by atoms with Gasteiger partial charge in [-0.2, -0.15) is 0 Å². The van der Waals surface area contributed by atoms with Gasteiger partial charge in [0, 0.05) is 32.7 Å². The van der Waals surface area contributed by atoms with Crippen LogP contribution in [-0.2, 0) is 9.53 Å². The average Bonchev–Trinajstić information content (AvgIpc) is 2.29. The first-order chi connectivity index (χ1) is 7.17. The fourth-order valence-electron chi connectivity index (χ4n) is 2.01. The standard InChI is InChI=1S/C10H21N3O2/c1-8(7-10(14)12-11)13-5-3-9(15-2)4-6-13/h8-9H,3-7,11H2,1-2H3,(H,12,14). The first-order valence-corrected chi connectivity index (χ1v) is 5.43. The fraction of sp³-hybridized carbons (Fsp3) is 0.900. The molecule has 1 unspecified atom stereocenters. The highest BCUT2D eigenvalue weighted by Crippen LogP contribution is 2.16. The van der Waals surface area contributed by atoms with E-state index < -0.39 is 0 Å². The molecule has 15 heavy (non-hydrogen) atoms. The first-order valence-electron chi connectivity index (χ1n) is 5.43. The van der Waals surface area contributed by atoms with Gasteiger partial charge >= 0.3 is 0 Å². The van der Waals surface area contributed by atoms with Crippen molar-refractivity contribution in [1.29, 1.82) is 0 Å². The van der Waals surface area contributed by atoms with E-state index in [4.69, 9.17) is 10.6 Å². The Morgan fingerprint density at radius 2 is 2.20 bits per heavy atom. The summed E-state index contributed by atoms with van der Waals surface area (Å²) in [6.07, 6.45) is 2.95.